The van der Waals surface area contributed by atoms with Gasteiger partial charge in [-0.2, -0.15) is 0 Å². The first-order valence-electron chi connectivity index (χ1n) is 8.63. The second-order valence-electron chi connectivity index (χ2n) is 7.03. The number of amides is 1. The topological polar surface area (TPSA) is 85.8 Å². The van der Waals surface area contributed by atoms with E-state index in [9.17, 15) is 17.6 Å². The molecule has 9 heteroatoms. The molecule has 1 aromatic heterocycles. The number of piperidine rings is 1. The number of aromatic nitrogens is 1. The van der Waals surface area contributed by atoms with Crippen molar-refractivity contribution in [3.63, 3.8) is 0 Å². The van der Waals surface area contributed by atoms with Crippen LogP contribution in [0.25, 0.3) is 0 Å². The summed E-state index contributed by atoms with van der Waals surface area (Å²) < 4.78 is 47.8. The van der Waals surface area contributed by atoms with Crippen molar-refractivity contribution in [3.05, 3.63) is 24.1 Å². The highest BCUT2D eigenvalue weighted by Gasteiger charge is 2.45. The molecular weight excluding hydrogens is 363 g/mol. The minimum Gasteiger partial charge on any atom is -0.470 e. The third kappa shape index (κ3) is 4.70. The molecule has 0 aromatic carbocycles. The highest BCUT2D eigenvalue weighted by molar-refractivity contribution is 7.90. The molecule has 1 aromatic rings. The average molecular weight is 386 g/mol. The number of nitrogens with zero attached hydrogens (tertiary/aromatic N) is 2. The molecule has 0 bridgehead atoms. The van der Waals surface area contributed by atoms with E-state index in [0.717, 1.165) is 19.1 Å². The zero-order valence-corrected chi connectivity index (χ0v) is 15.5. The molecule has 2 aliphatic heterocycles. The molecule has 2 aliphatic rings. The number of halogens is 1. The smallest absolute Gasteiger partial charge is 0.250 e. The number of hydrogen-bond acceptors (Lipinski definition) is 6. The second kappa shape index (κ2) is 7.48. The predicted octanol–water partition coefficient (Wildman–Crippen LogP) is 1.18. The number of likely N-dealkylation sites (tertiary alicyclic amines) is 1. The molecule has 7 nitrogen and oxygen atoms in total. The molecule has 1 amide bonds. The number of hydrogen-bond donors (Lipinski definition) is 0. The largest absolute Gasteiger partial charge is 0.470 e. The highest BCUT2D eigenvalue weighted by Crippen LogP contribution is 2.36. The fourth-order valence-corrected chi connectivity index (χ4v) is 4.07. The Labute approximate surface area is 152 Å². The average Bonchev–Trinajstić information content (AvgIpc) is 2.96. The molecule has 1 spiro atoms. The van der Waals surface area contributed by atoms with Gasteiger partial charge in [0.25, 0.3) is 5.88 Å². The normalized spacial score (nSPS) is 26.2. The van der Waals surface area contributed by atoms with Gasteiger partial charge < -0.3 is 14.4 Å². The summed E-state index contributed by atoms with van der Waals surface area (Å²) in [5.41, 5.74) is -0.519. The third-order valence-electron chi connectivity index (χ3n) is 4.76. The number of carbonyl (C=O) groups excluding carboxylic acids is 1. The number of ether oxygens (including phenoxy) is 2. The van der Waals surface area contributed by atoms with Crippen LogP contribution in [0.15, 0.2) is 18.3 Å². The third-order valence-corrected chi connectivity index (χ3v) is 5.70. The lowest BCUT2D eigenvalue weighted by Gasteiger charge is -2.39. The molecule has 3 heterocycles. The van der Waals surface area contributed by atoms with Crippen LogP contribution in [-0.4, -0.2) is 67.6 Å². The molecule has 0 N–H and O–H groups in total. The number of sulfone groups is 1. The Hall–Kier alpha value is -1.74. The Bertz CT molecular complexity index is 772. The Morgan fingerprint density at radius 2 is 2.35 bits per heavy atom. The van der Waals surface area contributed by atoms with Crippen molar-refractivity contribution >= 4 is 15.7 Å². The van der Waals surface area contributed by atoms with E-state index in [1.54, 1.807) is 4.90 Å². The van der Waals surface area contributed by atoms with Gasteiger partial charge in [-0.05, 0) is 25.0 Å². The Morgan fingerprint density at radius 1 is 1.54 bits per heavy atom. The van der Waals surface area contributed by atoms with E-state index in [2.05, 4.69) is 4.98 Å². The molecule has 0 unspecified atom stereocenters. The fourth-order valence-electron chi connectivity index (χ4n) is 3.52. The summed E-state index contributed by atoms with van der Waals surface area (Å²) in [6, 6.07) is 2.78. The fraction of sp³-hybridized carbons (Fsp3) is 0.647. The van der Waals surface area contributed by atoms with Gasteiger partial charge in [0.15, 0.2) is 5.82 Å². The van der Waals surface area contributed by atoms with Gasteiger partial charge in [-0.25, -0.2) is 17.8 Å². The zero-order chi connectivity index (χ0) is 18.8. The van der Waals surface area contributed by atoms with E-state index in [1.807, 2.05) is 0 Å². The van der Waals surface area contributed by atoms with Crippen LogP contribution in [0.5, 0.6) is 5.88 Å². The molecule has 0 aliphatic carbocycles. The minimum absolute atomic E-state index is 0.0199. The lowest BCUT2D eigenvalue weighted by molar-refractivity contribution is -0.138. The summed E-state index contributed by atoms with van der Waals surface area (Å²) in [6.45, 7) is 1.30. The Balaban J connectivity index is 1.58. The van der Waals surface area contributed by atoms with Gasteiger partial charge in [-0.1, -0.05) is 0 Å². The standard InChI is InChI=1S/C17H23FN2O5S/c1-26(22,23)9-5-15(21)20-8-3-6-17(12-20)10-13(11-24-17)25-16-14(18)4-2-7-19-16/h2,4,7,13H,3,5-6,8-12H2,1H3/t13-,17-/m1/s1. The molecule has 2 fully saturated rings. The van der Waals surface area contributed by atoms with Gasteiger partial charge in [0.05, 0.1) is 18.0 Å². The molecule has 144 valence electrons. The zero-order valence-electron chi connectivity index (χ0n) is 14.7. The van der Waals surface area contributed by atoms with Gasteiger partial charge in [0.2, 0.25) is 5.91 Å². The summed E-state index contributed by atoms with van der Waals surface area (Å²) in [6.07, 6.45) is 4.34. The molecule has 26 heavy (non-hydrogen) atoms. The second-order valence-corrected chi connectivity index (χ2v) is 9.29. The van der Waals surface area contributed by atoms with Crippen molar-refractivity contribution in [1.29, 1.82) is 0 Å². The van der Waals surface area contributed by atoms with Crippen molar-refractivity contribution in [1.82, 2.24) is 9.88 Å². The van der Waals surface area contributed by atoms with Crippen LogP contribution in [0.4, 0.5) is 4.39 Å². The predicted molar refractivity (Wildman–Crippen MR) is 92.1 cm³/mol. The van der Waals surface area contributed by atoms with Crippen molar-refractivity contribution in [2.24, 2.45) is 0 Å². The monoisotopic (exact) mass is 386 g/mol. The Kier molecular flexibility index (Phi) is 5.47. The van der Waals surface area contributed by atoms with Crippen LogP contribution >= 0.6 is 0 Å². The lowest BCUT2D eigenvalue weighted by atomic mass is 9.89. The maximum atomic E-state index is 13.7. The quantitative estimate of drug-likeness (QED) is 0.756. The van der Waals surface area contributed by atoms with E-state index in [-0.39, 0.29) is 30.1 Å². The van der Waals surface area contributed by atoms with Crippen molar-refractivity contribution < 1.29 is 27.1 Å². The van der Waals surface area contributed by atoms with Gasteiger partial charge >= 0.3 is 0 Å². The number of rotatable bonds is 5. The van der Waals surface area contributed by atoms with Crippen LogP contribution in [0.2, 0.25) is 0 Å². The summed E-state index contributed by atoms with van der Waals surface area (Å²) in [7, 11) is -3.17. The van der Waals surface area contributed by atoms with Crippen LogP contribution in [0, 0.1) is 5.82 Å². The van der Waals surface area contributed by atoms with Gasteiger partial charge in [-0.15, -0.1) is 0 Å². The first kappa shape index (κ1) is 19.0. The maximum Gasteiger partial charge on any atom is 0.250 e. The van der Waals surface area contributed by atoms with Gasteiger partial charge in [-0.3, -0.25) is 4.79 Å². The minimum atomic E-state index is -3.17. The first-order valence-corrected chi connectivity index (χ1v) is 10.7. The van der Waals surface area contributed by atoms with Crippen LogP contribution in [0.1, 0.15) is 25.7 Å². The van der Waals surface area contributed by atoms with Crippen LogP contribution in [-0.2, 0) is 19.4 Å². The summed E-state index contributed by atoms with van der Waals surface area (Å²) in [5.74, 6) is -0.899. The van der Waals surface area contributed by atoms with Gasteiger partial charge in [0, 0.05) is 38.4 Å². The summed E-state index contributed by atoms with van der Waals surface area (Å²) in [4.78, 5) is 17.9. The summed E-state index contributed by atoms with van der Waals surface area (Å²) >= 11 is 0. The Morgan fingerprint density at radius 3 is 3.08 bits per heavy atom. The molecule has 0 radical (unpaired) electrons. The van der Waals surface area contributed by atoms with Crippen molar-refractivity contribution in [2.45, 2.75) is 37.4 Å². The van der Waals surface area contributed by atoms with E-state index in [1.165, 1.54) is 18.3 Å². The lowest BCUT2D eigenvalue weighted by Crippen LogP contribution is -2.50. The molecule has 2 atom stereocenters. The molecular formula is C17H23FN2O5S. The van der Waals surface area contributed by atoms with E-state index < -0.39 is 21.3 Å². The SMILES string of the molecule is CS(=O)(=O)CCC(=O)N1CCC[C@@]2(C[C@@H](Oc3ncccc3F)CO2)C1. The molecule has 3 rings (SSSR count). The number of pyridine rings is 1. The van der Waals surface area contributed by atoms with E-state index in [4.69, 9.17) is 9.47 Å². The summed E-state index contributed by atoms with van der Waals surface area (Å²) in [5, 5.41) is 0. The van der Waals surface area contributed by atoms with Crippen LogP contribution in [0.3, 0.4) is 0 Å². The van der Waals surface area contributed by atoms with E-state index >= 15 is 0 Å². The van der Waals surface area contributed by atoms with Crippen molar-refractivity contribution in [2.75, 3.05) is 31.7 Å². The first-order chi connectivity index (χ1) is 12.3. The maximum absolute atomic E-state index is 13.7. The van der Waals surface area contributed by atoms with Gasteiger partial charge in [0.1, 0.15) is 15.9 Å². The van der Waals surface area contributed by atoms with Crippen molar-refractivity contribution in [3.8, 4) is 5.88 Å². The van der Waals surface area contributed by atoms with Crippen LogP contribution < -0.4 is 4.74 Å². The highest BCUT2D eigenvalue weighted by atomic mass is 32.2. The van der Waals surface area contributed by atoms with E-state index in [0.29, 0.717) is 26.1 Å². The molecule has 0 saturated carbocycles. The number of carbonyl (C=O) groups is 1. The molecule has 2 saturated heterocycles.